The van der Waals surface area contributed by atoms with Crippen LogP contribution in [-0.2, 0) is 5.92 Å². The van der Waals surface area contributed by atoms with E-state index in [0.29, 0.717) is 0 Å². The third kappa shape index (κ3) is 1.27. The van der Waals surface area contributed by atoms with Crippen molar-refractivity contribution in [3.8, 4) is 0 Å². The summed E-state index contributed by atoms with van der Waals surface area (Å²) in [6, 6.07) is 0. The first-order chi connectivity index (χ1) is 8.25. The number of hydrogen-bond donors (Lipinski definition) is 1. The second-order valence-electron chi connectivity index (χ2n) is 3.50. The van der Waals surface area contributed by atoms with E-state index in [1.807, 2.05) is 0 Å². The Morgan fingerprint density at radius 1 is 0.944 bits per heavy atom. The van der Waals surface area contributed by atoms with Crippen molar-refractivity contribution in [2.24, 2.45) is 10.9 Å². The van der Waals surface area contributed by atoms with Crippen LogP contribution < -0.4 is 5.84 Å². The Hall–Kier alpha value is -1.80. The van der Waals surface area contributed by atoms with Crippen LogP contribution in [0, 0.1) is 23.3 Å². The third-order valence-electron chi connectivity index (χ3n) is 2.57. The average molecular weight is 272 g/mol. The predicted octanol–water partition coefficient (Wildman–Crippen LogP) is 2.67. The highest BCUT2D eigenvalue weighted by Crippen LogP contribution is 2.49. The SMILES string of the molecule is NN=C1C(F)c2c(F)c(F)c(F)c(F)c2C1(F)F. The van der Waals surface area contributed by atoms with Gasteiger partial charge in [-0.25, -0.2) is 22.0 Å². The number of alkyl halides is 3. The van der Waals surface area contributed by atoms with Gasteiger partial charge >= 0.3 is 5.92 Å². The summed E-state index contributed by atoms with van der Waals surface area (Å²) in [4.78, 5) is 0. The second-order valence-corrected chi connectivity index (χ2v) is 3.50. The fraction of sp³-hybridized carbons (Fsp3) is 0.222. The number of hydrogen-bond acceptors (Lipinski definition) is 2. The summed E-state index contributed by atoms with van der Waals surface area (Å²) in [7, 11) is 0. The number of nitrogens with two attached hydrogens (primary N) is 1. The molecule has 1 aliphatic rings. The summed E-state index contributed by atoms with van der Waals surface area (Å²) in [5.41, 5.74) is -5.25. The molecule has 0 fully saturated rings. The highest BCUT2D eigenvalue weighted by atomic mass is 19.3. The molecule has 98 valence electrons. The largest absolute Gasteiger partial charge is 0.323 e. The van der Waals surface area contributed by atoms with E-state index < -0.39 is 52.2 Å². The van der Waals surface area contributed by atoms with Gasteiger partial charge in [-0.15, -0.1) is 0 Å². The average Bonchev–Trinajstić information content (AvgIpc) is 2.50. The third-order valence-corrected chi connectivity index (χ3v) is 2.57. The molecule has 0 aliphatic heterocycles. The molecule has 1 atom stereocenters. The molecule has 1 aromatic carbocycles. The molecule has 2 N–H and O–H groups in total. The summed E-state index contributed by atoms with van der Waals surface area (Å²) in [5.74, 6) is -9.36. The maximum absolute atomic E-state index is 13.5. The van der Waals surface area contributed by atoms with Crippen molar-refractivity contribution in [1.29, 1.82) is 0 Å². The highest BCUT2D eigenvalue weighted by Gasteiger charge is 2.57. The quantitative estimate of drug-likeness (QED) is 0.255. The van der Waals surface area contributed by atoms with E-state index >= 15 is 0 Å². The number of nitrogens with zero attached hydrogens (tertiary/aromatic N) is 1. The van der Waals surface area contributed by atoms with Crippen LogP contribution in [0.25, 0.3) is 0 Å². The van der Waals surface area contributed by atoms with Crippen molar-refractivity contribution in [3.63, 3.8) is 0 Å². The Balaban J connectivity index is 2.93. The molecule has 1 aromatic rings. The molecule has 9 heteroatoms. The molecule has 0 aromatic heterocycles. The van der Waals surface area contributed by atoms with Crippen molar-refractivity contribution in [1.82, 2.24) is 0 Å². The number of fused-ring (bicyclic) bond motifs is 1. The lowest BCUT2D eigenvalue weighted by molar-refractivity contribution is 0.0715. The van der Waals surface area contributed by atoms with E-state index in [0.717, 1.165) is 0 Å². The van der Waals surface area contributed by atoms with Gasteiger partial charge < -0.3 is 5.84 Å². The minimum absolute atomic E-state index is 1.62. The van der Waals surface area contributed by atoms with Crippen molar-refractivity contribution >= 4 is 5.71 Å². The molecule has 0 bridgehead atoms. The first kappa shape index (κ1) is 12.7. The molecule has 1 aliphatic carbocycles. The summed E-state index contributed by atoms with van der Waals surface area (Å²) >= 11 is 0. The maximum atomic E-state index is 13.5. The topological polar surface area (TPSA) is 38.4 Å². The number of hydrazone groups is 1. The lowest BCUT2D eigenvalue weighted by Crippen LogP contribution is -2.24. The molecule has 0 amide bonds. The molecule has 0 spiro atoms. The molecule has 0 radical (unpaired) electrons. The molecular weight excluding hydrogens is 269 g/mol. The van der Waals surface area contributed by atoms with Crippen LogP contribution in [0.2, 0.25) is 0 Å². The molecule has 0 saturated carbocycles. The van der Waals surface area contributed by atoms with Crippen molar-refractivity contribution in [3.05, 3.63) is 34.4 Å². The molecule has 2 nitrogen and oxygen atoms in total. The fourth-order valence-electron chi connectivity index (χ4n) is 1.76. The van der Waals surface area contributed by atoms with Gasteiger partial charge in [0.15, 0.2) is 29.4 Å². The number of rotatable bonds is 0. The Morgan fingerprint density at radius 3 is 1.94 bits per heavy atom. The lowest BCUT2D eigenvalue weighted by atomic mass is 10.1. The van der Waals surface area contributed by atoms with Gasteiger partial charge in [0.05, 0.1) is 5.56 Å². The molecule has 0 heterocycles. The molecule has 18 heavy (non-hydrogen) atoms. The minimum Gasteiger partial charge on any atom is -0.323 e. The Bertz CT molecular complexity index is 567. The van der Waals surface area contributed by atoms with Crippen LogP contribution in [0.3, 0.4) is 0 Å². The van der Waals surface area contributed by atoms with Gasteiger partial charge in [0, 0.05) is 5.56 Å². The van der Waals surface area contributed by atoms with Gasteiger partial charge in [-0.05, 0) is 0 Å². The Kier molecular flexibility index (Phi) is 2.53. The van der Waals surface area contributed by atoms with E-state index in [-0.39, 0.29) is 0 Å². The van der Waals surface area contributed by atoms with Gasteiger partial charge in [-0.2, -0.15) is 13.9 Å². The first-order valence-corrected chi connectivity index (χ1v) is 4.41. The van der Waals surface area contributed by atoms with Gasteiger partial charge in [-0.3, -0.25) is 0 Å². The van der Waals surface area contributed by atoms with Gasteiger partial charge in [-0.1, -0.05) is 0 Å². The summed E-state index contributed by atoms with van der Waals surface area (Å²) in [5, 5.41) is 2.39. The van der Waals surface area contributed by atoms with E-state index in [1.54, 1.807) is 0 Å². The number of halogens is 7. The Morgan fingerprint density at radius 2 is 1.44 bits per heavy atom. The summed E-state index contributed by atoms with van der Waals surface area (Å²) < 4.78 is 92.4. The van der Waals surface area contributed by atoms with Crippen molar-refractivity contribution in [2.75, 3.05) is 0 Å². The fourth-order valence-corrected chi connectivity index (χ4v) is 1.76. The summed E-state index contributed by atoms with van der Waals surface area (Å²) in [6.45, 7) is 0. The molecule has 1 unspecified atom stereocenters. The van der Waals surface area contributed by atoms with Crippen LogP contribution in [0.5, 0.6) is 0 Å². The van der Waals surface area contributed by atoms with E-state index in [4.69, 9.17) is 0 Å². The second kappa shape index (κ2) is 3.59. The zero-order valence-corrected chi connectivity index (χ0v) is 8.25. The standard InChI is InChI=1S/C9H3F7N2/c10-3-1-2(5(12)7(14)6(3)13)9(15,16)8(18-17)4(1)11/h4H,17H2. The van der Waals surface area contributed by atoms with Gasteiger partial charge in [0.25, 0.3) is 0 Å². The monoisotopic (exact) mass is 272 g/mol. The molecule has 0 saturated heterocycles. The Labute approximate surface area is 94.9 Å². The van der Waals surface area contributed by atoms with Crippen LogP contribution in [0.4, 0.5) is 30.7 Å². The van der Waals surface area contributed by atoms with E-state index in [1.165, 1.54) is 0 Å². The van der Waals surface area contributed by atoms with E-state index in [2.05, 4.69) is 10.9 Å². The van der Waals surface area contributed by atoms with Gasteiger partial charge in [0.2, 0.25) is 0 Å². The van der Waals surface area contributed by atoms with Crippen molar-refractivity contribution in [2.45, 2.75) is 12.1 Å². The highest BCUT2D eigenvalue weighted by molar-refractivity contribution is 6.00. The smallest absolute Gasteiger partial charge is 0.319 e. The predicted molar refractivity (Wildman–Crippen MR) is 45.6 cm³/mol. The normalized spacial score (nSPS) is 23.5. The molecule has 2 rings (SSSR count). The zero-order chi connectivity index (χ0) is 13.8. The van der Waals surface area contributed by atoms with Gasteiger partial charge in [0.1, 0.15) is 5.71 Å². The van der Waals surface area contributed by atoms with Crippen LogP contribution in [-0.4, -0.2) is 5.71 Å². The van der Waals surface area contributed by atoms with Crippen LogP contribution in [0.15, 0.2) is 5.10 Å². The van der Waals surface area contributed by atoms with Crippen LogP contribution in [0.1, 0.15) is 17.3 Å². The van der Waals surface area contributed by atoms with Crippen molar-refractivity contribution < 1.29 is 30.7 Å². The minimum atomic E-state index is -4.44. The molecular formula is C9H3F7N2. The number of benzene rings is 1. The summed E-state index contributed by atoms with van der Waals surface area (Å²) in [6.07, 6.45) is -2.94. The first-order valence-electron chi connectivity index (χ1n) is 4.41. The van der Waals surface area contributed by atoms with E-state index in [9.17, 15) is 30.7 Å². The van der Waals surface area contributed by atoms with Crippen LogP contribution >= 0.6 is 0 Å². The lowest BCUT2D eigenvalue weighted by Gasteiger charge is -2.11. The maximum Gasteiger partial charge on any atom is 0.319 e. The zero-order valence-electron chi connectivity index (χ0n) is 8.25.